The number of methoxy groups -OCH3 is 1. The van der Waals surface area contributed by atoms with E-state index >= 15 is 0 Å². The molecule has 0 unspecified atom stereocenters. The highest BCUT2D eigenvalue weighted by molar-refractivity contribution is 7.22. The number of rotatable bonds is 7. The van der Waals surface area contributed by atoms with Gasteiger partial charge in [0.1, 0.15) is 6.07 Å². The number of benzene rings is 2. The Morgan fingerprint density at radius 3 is 2.89 bits per heavy atom. The molecule has 1 heterocycles. The molecule has 3 rings (SSSR count). The van der Waals surface area contributed by atoms with Crippen molar-refractivity contribution in [3.63, 3.8) is 0 Å². The SMILES string of the molecule is CCc1ccc2nc(NC(=O)/C=C/c3ccc(OCC#N)c(OC)c3)sc2c1. The van der Waals surface area contributed by atoms with Crippen LogP contribution in [0.25, 0.3) is 16.3 Å². The number of anilines is 1. The summed E-state index contributed by atoms with van der Waals surface area (Å²) in [7, 11) is 1.52. The molecule has 28 heavy (non-hydrogen) atoms. The minimum atomic E-state index is -0.265. The standard InChI is InChI=1S/C21H19N3O3S/c1-3-14-4-7-16-19(13-14)28-21(23-16)24-20(25)9-6-15-5-8-17(27-11-10-22)18(12-15)26-2/h4-9,12-13H,3,11H2,1-2H3,(H,23,24,25)/b9-6+. The summed E-state index contributed by atoms with van der Waals surface area (Å²) in [6, 6.07) is 13.2. The van der Waals surface area contributed by atoms with E-state index in [4.69, 9.17) is 14.7 Å². The van der Waals surface area contributed by atoms with Crippen molar-refractivity contribution in [1.82, 2.24) is 4.98 Å². The fourth-order valence-electron chi connectivity index (χ4n) is 2.58. The third-order valence-electron chi connectivity index (χ3n) is 4.00. The highest BCUT2D eigenvalue weighted by Gasteiger charge is 2.07. The highest BCUT2D eigenvalue weighted by atomic mass is 32.1. The second-order valence-corrected chi connectivity index (χ2v) is 6.88. The van der Waals surface area contributed by atoms with Gasteiger partial charge in [0, 0.05) is 6.08 Å². The zero-order valence-corrected chi connectivity index (χ0v) is 16.4. The number of nitrogens with one attached hydrogen (secondary N) is 1. The lowest BCUT2D eigenvalue weighted by Crippen LogP contribution is -2.07. The Morgan fingerprint density at radius 1 is 1.29 bits per heavy atom. The first-order valence-electron chi connectivity index (χ1n) is 8.69. The molecule has 0 spiro atoms. The van der Waals surface area contributed by atoms with Crippen LogP contribution in [0.5, 0.6) is 11.5 Å². The number of carbonyl (C=O) groups is 1. The molecule has 0 fully saturated rings. The fourth-order valence-corrected chi connectivity index (χ4v) is 3.51. The topological polar surface area (TPSA) is 84.2 Å². The van der Waals surface area contributed by atoms with E-state index in [1.165, 1.54) is 30.1 Å². The van der Waals surface area contributed by atoms with Gasteiger partial charge in [-0.15, -0.1) is 0 Å². The molecule has 1 aromatic heterocycles. The van der Waals surface area contributed by atoms with Crippen LogP contribution < -0.4 is 14.8 Å². The third-order valence-corrected chi connectivity index (χ3v) is 4.93. The Balaban J connectivity index is 1.69. The Labute approximate surface area is 167 Å². The molecule has 0 atom stereocenters. The summed E-state index contributed by atoms with van der Waals surface area (Å²) in [4.78, 5) is 16.7. The third kappa shape index (κ3) is 4.67. The lowest BCUT2D eigenvalue weighted by atomic mass is 10.2. The molecule has 0 saturated heterocycles. The summed E-state index contributed by atoms with van der Waals surface area (Å²) in [5.41, 5.74) is 2.89. The molecule has 142 valence electrons. The Hall–Kier alpha value is -3.37. The molecule has 3 aromatic rings. The van der Waals surface area contributed by atoms with Crippen molar-refractivity contribution < 1.29 is 14.3 Å². The van der Waals surface area contributed by atoms with E-state index in [1.807, 2.05) is 18.2 Å². The molecule has 0 aliphatic carbocycles. The van der Waals surface area contributed by atoms with Crippen molar-refractivity contribution >= 4 is 38.7 Å². The minimum absolute atomic E-state index is 0.0597. The van der Waals surface area contributed by atoms with Gasteiger partial charge in [0.25, 0.3) is 0 Å². The lowest BCUT2D eigenvalue weighted by Gasteiger charge is -2.08. The first-order valence-corrected chi connectivity index (χ1v) is 9.51. The van der Waals surface area contributed by atoms with Crippen LogP contribution in [-0.4, -0.2) is 24.6 Å². The number of aromatic nitrogens is 1. The van der Waals surface area contributed by atoms with Crippen LogP contribution in [0.2, 0.25) is 0 Å². The number of hydrogen-bond donors (Lipinski definition) is 1. The second-order valence-electron chi connectivity index (χ2n) is 5.85. The van der Waals surface area contributed by atoms with Gasteiger partial charge >= 0.3 is 0 Å². The molecule has 0 bridgehead atoms. The molecule has 6 nitrogen and oxygen atoms in total. The summed E-state index contributed by atoms with van der Waals surface area (Å²) in [6.45, 7) is 2.04. The van der Waals surface area contributed by atoms with E-state index in [9.17, 15) is 4.79 Å². The Kier molecular flexibility index (Phi) is 6.25. The van der Waals surface area contributed by atoms with E-state index in [0.717, 1.165) is 22.2 Å². The molecule has 2 aromatic carbocycles. The number of nitriles is 1. The van der Waals surface area contributed by atoms with E-state index < -0.39 is 0 Å². The van der Waals surface area contributed by atoms with Gasteiger partial charge in [-0.3, -0.25) is 10.1 Å². The molecule has 1 amide bonds. The molecular formula is C21H19N3O3S. The zero-order valence-electron chi connectivity index (χ0n) is 15.6. The molecule has 0 aliphatic heterocycles. The molecule has 0 saturated carbocycles. The van der Waals surface area contributed by atoms with E-state index in [-0.39, 0.29) is 12.5 Å². The van der Waals surface area contributed by atoms with Gasteiger partial charge < -0.3 is 9.47 Å². The maximum absolute atomic E-state index is 12.2. The van der Waals surface area contributed by atoms with Gasteiger partial charge in [-0.25, -0.2) is 4.98 Å². The minimum Gasteiger partial charge on any atom is -0.493 e. The predicted molar refractivity (Wildman–Crippen MR) is 111 cm³/mol. The van der Waals surface area contributed by atoms with Gasteiger partial charge in [0.2, 0.25) is 5.91 Å². The average Bonchev–Trinajstić information content (AvgIpc) is 3.11. The van der Waals surface area contributed by atoms with Crippen LogP contribution >= 0.6 is 11.3 Å². The van der Waals surface area contributed by atoms with Crippen molar-refractivity contribution in [2.24, 2.45) is 0 Å². The summed E-state index contributed by atoms with van der Waals surface area (Å²) < 4.78 is 11.6. The summed E-state index contributed by atoms with van der Waals surface area (Å²) in [5.74, 6) is 0.709. The van der Waals surface area contributed by atoms with Crippen LogP contribution in [0.3, 0.4) is 0 Å². The first-order chi connectivity index (χ1) is 13.6. The van der Waals surface area contributed by atoms with Crippen LogP contribution in [0.4, 0.5) is 5.13 Å². The number of thiazole rings is 1. The summed E-state index contributed by atoms with van der Waals surface area (Å²) >= 11 is 1.45. The fraction of sp³-hybridized carbons (Fsp3) is 0.190. The van der Waals surface area contributed by atoms with Gasteiger partial charge in [0.05, 0.1) is 17.3 Å². The van der Waals surface area contributed by atoms with Gasteiger partial charge in [-0.2, -0.15) is 5.26 Å². The van der Waals surface area contributed by atoms with E-state index in [0.29, 0.717) is 16.6 Å². The van der Waals surface area contributed by atoms with Gasteiger partial charge in [0.15, 0.2) is 23.2 Å². The van der Waals surface area contributed by atoms with E-state index in [1.54, 1.807) is 24.3 Å². The maximum atomic E-state index is 12.2. The number of aryl methyl sites for hydroxylation is 1. The molecule has 0 radical (unpaired) electrons. The Morgan fingerprint density at radius 2 is 2.14 bits per heavy atom. The van der Waals surface area contributed by atoms with Gasteiger partial charge in [-0.1, -0.05) is 30.4 Å². The van der Waals surface area contributed by atoms with E-state index in [2.05, 4.69) is 23.3 Å². The number of fused-ring (bicyclic) bond motifs is 1. The smallest absolute Gasteiger partial charge is 0.250 e. The van der Waals surface area contributed by atoms with Crippen LogP contribution in [0, 0.1) is 11.3 Å². The number of amides is 1. The van der Waals surface area contributed by atoms with Crippen LogP contribution in [0.15, 0.2) is 42.5 Å². The van der Waals surface area contributed by atoms with Crippen LogP contribution in [0.1, 0.15) is 18.1 Å². The zero-order chi connectivity index (χ0) is 19.9. The lowest BCUT2D eigenvalue weighted by molar-refractivity contribution is -0.111. The van der Waals surface area contributed by atoms with Crippen molar-refractivity contribution in [2.45, 2.75) is 13.3 Å². The highest BCUT2D eigenvalue weighted by Crippen LogP contribution is 2.29. The van der Waals surface area contributed by atoms with Crippen LogP contribution in [-0.2, 0) is 11.2 Å². The van der Waals surface area contributed by atoms with Gasteiger partial charge in [-0.05, 0) is 47.9 Å². The van der Waals surface area contributed by atoms with Crippen molar-refractivity contribution in [3.05, 3.63) is 53.6 Å². The second kappa shape index (κ2) is 9.02. The monoisotopic (exact) mass is 393 g/mol. The number of carbonyl (C=O) groups excluding carboxylic acids is 1. The predicted octanol–water partition coefficient (Wildman–Crippen LogP) is 4.42. The maximum Gasteiger partial charge on any atom is 0.250 e. The molecule has 0 aliphatic rings. The van der Waals surface area contributed by atoms with Crippen molar-refractivity contribution in [1.29, 1.82) is 5.26 Å². The number of nitrogens with zero attached hydrogens (tertiary/aromatic N) is 2. The Bertz CT molecular complexity index is 1070. The first kappa shape index (κ1) is 19.4. The normalized spacial score (nSPS) is 10.8. The van der Waals surface area contributed by atoms with Crippen molar-refractivity contribution in [3.8, 4) is 17.6 Å². The summed E-state index contributed by atoms with van der Waals surface area (Å²) in [5, 5.41) is 12.0. The summed E-state index contributed by atoms with van der Waals surface area (Å²) in [6.07, 6.45) is 4.07. The largest absolute Gasteiger partial charge is 0.493 e. The molecular weight excluding hydrogens is 374 g/mol. The average molecular weight is 393 g/mol. The quantitative estimate of drug-likeness (QED) is 0.601. The van der Waals surface area contributed by atoms with Crippen molar-refractivity contribution in [2.75, 3.05) is 19.0 Å². The molecule has 7 heteroatoms. The number of hydrogen-bond acceptors (Lipinski definition) is 6. The number of ether oxygens (including phenoxy) is 2. The molecule has 1 N–H and O–H groups in total.